The number of rotatable bonds is 4. The number of nitrogens with one attached hydrogen (secondary N) is 1. The third kappa shape index (κ3) is 2.69. The van der Waals surface area contributed by atoms with Gasteiger partial charge in [0.15, 0.2) is 0 Å². The Balaban J connectivity index is 1.78. The second kappa shape index (κ2) is 6.45. The van der Waals surface area contributed by atoms with Crippen LogP contribution in [0.15, 0.2) is 53.4 Å². The minimum absolute atomic E-state index is 0.0793. The smallest absolute Gasteiger partial charge is 0.241 e. The molecule has 1 saturated heterocycles. The zero-order valence-corrected chi connectivity index (χ0v) is 17.2. The van der Waals surface area contributed by atoms with Crippen LogP contribution < -0.4 is 10.2 Å². The van der Waals surface area contributed by atoms with E-state index in [9.17, 15) is 4.79 Å². The van der Waals surface area contributed by atoms with Crippen molar-refractivity contribution in [2.75, 3.05) is 17.7 Å². The van der Waals surface area contributed by atoms with E-state index in [4.69, 9.17) is 0 Å². The first-order valence-corrected chi connectivity index (χ1v) is 10.7. The lowest BCUT2D eigenvalue weighted by Crippen LogP contribution is -2.58. The number of hydrogen-bond acceptors (Lipinski definition) is 3. The van der Waals surface area contributed by atoms with E-state index in [1.807, 2.05) is 0 Å². The molecule has 1 atom stereocenters. The highest BCUT2D eigenvalue weighted by Gasteiger charge is 2.59. The summed E-state index contributed by atoms with van der Waals surface area (Å²) in [4.78, 5) is 15.9. The van der Waals surface area contributed by atoms with Crippen molar-refractivity contribution < 1.29 is 4.79 Å². The van der Waals surface area contributed by atoms with E-state index in [1.54, 1.807) is 11.8 Å². The summed E-state index contributed by atoms with van der Waals surface area (Å²) in [6, 6.07) is 15.2. The summed E-state index contributed by atoms with van der Waals surface area (Å²) in [7, 11) is 0. The second-order valence-electron chi connectivity index (χ2n) is 7.84. The van der Waals surface area contributed by atoms with E-state index < -0.39 is 5.66 Å². The van der Waals surface area contributed by atoms with Gasteiger partial charge < -0.3 is 10.2 Å². The molecule has 3 nitrogen and oxygen atoms in total. The number of carbonyl (C=O) groups is 1. The van der Waals surface area contributed by atoms with Crippen molar-refractivity contribution in [1.82, 2.24) is 5.32 Å². The number of hydrogen-bond donors (Lipinski definition) is 1. The zero-order chi connectivity index (χ0) is 19.2. The number of fused-ring (bicyclic) bond motifs is 3. The molecule has 4 rings (SSSR count). The summed E-state index contributed by atoms with van der Waals surface area (Å²) in [5, 5.41) is 3.29. The maximum absolute atomic E-state index is 12.4. The molecule has 0 aliphatic carbocycles. The van der Waals surface area contributed by atoms with Gasteiger partial charge in [-0.05, 0) is 53.6 Å². The Morgan fingerprint density at radius 2 is 1.93 bits per heavy atom. The second-order valence-corrected chi connectivity index (χ2v) is 8.72. The van der Waals surface area contributed by atoms with Crippen LogP contribution in [0.2, 0.25) is 0 Å². The fourth-order valence-corrected chi connectivity index (χ4v) is 4.78. The molecule has 0 aromatic heterocycles. The molecule has 0 spiro atoms. The van der Waals surface area contributed by atoms with Crippen LogP contribution in [0, 0.1) is 0 Å². The molecule has 0 bridgehead atoms. The fraction of sp³-hybridized carbons (Fsp3) is 0.348. The molecule has 2 heterocycles. The standard InChI is InChI=1S/C23H26N2OS/c1-5-16-8-11-20-19(14-16)22(2,3)23(24-21(26)15-25(20)23)13-12-17-6-9-18(27-4)10-7-17/h6-14H,5,15H2,1-4H3,(H,24,26). The Morgan fingerprint density at radius 1 is 1.19 bits per heavy atom. The molecule has 2 aliphatic rings. The first-order valence-electron chi connectivity index (χ1n) is 9.46. The molecule has 1 fully saturated rings. The summed E-state index contributed by atoms with van der Waals surface area (Å²) < 4.78 is 0. The predicted octanol–water partition coefficient (Wildman–Crippen LogP) is 4.61. The van der Waals surface area contributed by atoms with Gasteiger partial charge in [-0.3, -0.25) is 4.79 Å². The highest BCUT2D eigenvalue weighted by atomic mass is 32.2. The van der Waals surface area contributed by atoms with Crippen molar-refractivity contribution in [1.29, 1.82) is 0 Å². The number of aryl methyl sites for hydroxylation is 1. The van der Waals surface area contributed by atoms with Crippen molar-refractivity contribution in [2.24, 2.45) is 0 Å². The van der Waals surface area contributed by atoms with Gasteiger partial charge in [0.05, 0.1) is 6.54 Å². The van der Waals surface area contributed by atoms with Crippen molar-refractivity contribution in [3.8, 4) is 0 Å². The van der Waals surface area contributed by atoms with Gasteiger partial charge in [-0.15, -0.1) is 11.8 Å². The molecule has 1 unspecified atom stereocenters. The molecule has 1 N–H and O–H groups in total. The van der Waals surface area contributed by atoms with Crippen LogP contribution in [0.4, 0.5) is 5.69 Å². The van der Waals surface area contributed by atoms with Gasteiger partial charge in [-0.25, -0.2) is 0 Å². The predicted molar refractivity (Wildman–Crippen MR) is 114 cm³/mol. The Labute approximate surface area is 165 Å². The zero-order valence-electron chi connectivity index (χ0n) is 16.4. The van der Waals surface area contributed by atoms with Crippen LogP contribution in [0.3, 0.4) is 0 Å². The number of anilines is 1. The maximum Gasteiger partial charge on any atom is 0.241 e. The van der Waals surface area contributed by atoms with Crippen LogP contribution in [0.5, 0.6) is 0 Å². The van der Waals surface area contributed by atoms with Gasteiger partial charge in [0.25, 0.3) is 0 Å². The van der Waals surface area contributed by atoms with Crippen molar-refractivity contribution in [3.63, 3.8) is 0 Å². The lowest BCUT2D eigenvalue weighted by Gasteiger charge is -2.40. The topological polar surface area (TPSA) is 32.3 Å². The summed E-state index contributed by atoms with van der Waals surface area (Å²) in [6.45, 7) is 7.05. The molecule has 140 valence electrons. The molecule has 0 saturated carbocycles. The van der Waals surface area contributed by atoms with Crippen LogP contribution in [0.25, 0.3) is 6.08 Å². The number of benzene rings is 2. The Kier molecular flexibility index (Phi) is 4.34. The first kappa shape index (κ1) is 18.2. The Bertz CT molecular complexity index is 916. The number of carbonyl (C=O) groups excluding carboxylic acids is 1. The fourth-order valence-electron chi connectivity index (χ4n) is 4.37. The van der Waals surface area contributed by atoms with Crippen molar-refractivity contribution in [3.05, 3.63) is 65.2 Å². The molecule has 2 aliphatic heterocycles. The molecule has 1 amide bonds. The highest BCUT2D eigenvalue weighted by molar-refractivity contribution is 7.98. The first-order chi connectivity index (χ1) is 12.9. The molecule has 2 aromatic rings. The van der Waals surface area contributed by atoms with Gasteiger partial charge in [0, 0.05) is 16.0 Å². The van der Waals surface area contributed by atoms with Gasteiger partial charge in [-0.1, -0.05) is 51.1 Å². The average molecular weight is 379 g/mol. The Hall–Kier alpha value is -2.20. The number of amides is 1. The third-order valence-corrected chi connectivity index (χ3v) is 6.82. The van der Waals surface area contributed by atoms with Crippen molar-refractivity contribution >= 4 is 29.4 Å². The van der Waals surface area contributed by atoms with Crippen LogP contribution in [-0.4, -0.2) is 24.4 Å². The normalized spacial score (nSPS) is 22.8. The maximum atomic E-state index is 12.4. The monoisotopic (exact) mass is 378 g/mol. The SMILES string of the molecule is CCc1ccc2c(c1)C(C)(C)C1(C=Cc3ccc(SC)cc3)NC(=O)CN21. The average Bonchev–Trinajstić information content (AvgIpc) is 3.11. The van der Waals surface area contributed by atoms with E-state index in [2.05, 4.69) is 91.9 Å². The number of thioether (sulfide) groups is 1. The highest BCUT2D eigenvalue weighted by Crippen LogP contribution is 2.53. The van der Waals surface area contributed by atoms with E-state index in [0.29, 0.717) is 6.54 Å². The molecule has 2 aromatic carbocycles. The molecule has 27 heavy (non-hydrogen) atoms. The van der Waals surface area contributed by atoms with Gasteiger partial charge in [-0.2, -0.15) is 0 Å². The van der Waals surface area contributed by atoms with Crippen LogP contribution in [0.1, 0.15) is 37.5 Å². The largest absolute Gasteiger partial charge is 0.335 e. The van der Waals surface area contributed by atoms with E-state index >= 15 is 0 Å². The van der Waals surface area contributed by atoms with E-state index in [1.165, 1.54) is 16.0 Å². The lowest BCUT2D eigenvalue weighted by atomic mass is 9.75. The molecule has 4 heteroatoms. The minimum Gasteiger partial charge on any atom is -0.335 e. The van der Waals surface area contributed by atoms with Crippen molar-refractivity contribution in [2.45, 2.75) is 43.2 Å². The van der Waals surface area contributed by atoms with Crippen LogP contribution >= 0.6 is 11.8 Å². The summed E-state index contributed by atoms with van der Waals surface area (Å²) in [5.41, 5.74) is 4.19. The van der Waals surface area contributed by atoms with Gasteiger partial charge >= 0.3 is 0 Å². The molecular formula is C23H26N2OS. The van der Waals surface area contributed by atoms with Crippen LogP contribution in [-0.2, 0) is 16.6 Å². The third-order valence-electron chi connectivity index (χ3n) is 6.08. The lowest BCUT2D eigenvalue weighted by molar-refractivity contribution is -0.118. The van der Waals surface area contributed by atoms with E-state index in [0.717, 1.165) is 17.7 Å². The minimum atomic E-state index is -0.531. The quantitative estimate of drug-likeness (QED) is 0.789. The number of nitrogens with zero attached hydrogens (tertiary/aromatic N) is 1. The molecular weight excluding hydrogens is 352 g/mol. The Morgan fingerprint density at radius 3 is 2.59 bits per heavy atom. The van der Waals surface area contributed by atoms with Gasteiger partial charge in [0.1, 0.15) is 5.66 Å². The summed E-state index contributed by atoms with van der Waals surface area (Å²) in [6.07, 6.45) is 7.41. The summed E-state index contributed by atoms with van der Waals surface area (Å²) in [5.74, 6) is 0.0793. The molecule has 0 radical (unpaired) electrons. The van der Waals surface area contributed by atoms with Gasteiger partial charge in [0.2, 0.25) is 5.91 Å². The summed E-state index contributed by atoms with van der Waals surface area (Å²) >= 11 is 1.74. The van der Waals surface area contributed by atoms with E-state index in [-0.39, 0.29) is 11.3 Å².